The monoisotopic (exact) mass is 494 g/mol. The Hall–Kier alpha value is -3.82. The van der Waals surface area contributed by atoms with Crippen LogP contribution in [0.15, 0.2) is 54.6 Å². The standard InChI is InChI=1S/C26H23NO7S/c1-15-13-17(25(28)29)14-16(2)22(15)19-8-5-10-21-23(19)24(26(30)31)18-7-3-4-9-20(18)27(21)11-6-12-35(32,33)34/h3-5,7-10,13-14H,6,11-12H2,1-2H3,(H2-,28,29,30,31,32,33,34)/p+1. The summed E-state index contributed by atoms with van der Waals surface area (Å²) in [5.41, 5.74) is 4.24. The fourth-order valence-corrected chi connectivity index (χ4v) is 5.29. The van der Waals surface area contributed by atoms with E-state index in [1.165, 1.54) is 0 Å². The van der Waals surface area contributed by atoms with Crippen LogP contribution in [0.1, 0.15) is 38.3 Å². The van der Waals surface area contributed by atoms with Crippen LogP contribution in [0.2, 0.25) is 0 Å². The molecule has 1 aromatic heterocycles. The zero-order valence-corrected chi connectivity index (χ0v) is 20.0. The van der Waals surface area contributed by atoms with Gasteiger partial charge in [-0.15, -0.1) is 0 Å². The predicted molar refractivity (Wildman–Crippen MR) is 132 cm³/mol. The highest BCUT2D eigenvalue weighted by Gasteiger charge is 2.27. The summed E-state index contributed by atoms with van der Waals surface area (Å²) in [5.74, 6) is -2.58. The molecule has 0 atom stereocenters. The summed E-state index contributed by atoms with van der Waals surface area (Å²) in [7, 11) is -4.15. The average Bonchev–Trinajstić information content (AvgIpc) is 2.77. The van der Waals surface area contributed by atoms with E-state index in [9.17, 15) is 32.8 Å². The predicted octanol–water partition coefficient (Wildman–Crippen LogP) is 4.24. The van der Waals surface area contributed by atoms with Crippen LogP contribution < -0.4 is 4.57 Å². The first-order valence-corrected chi connectivity index (χ1v) is 12.5. The largest absolute Gasteiger partial charge is 0.478 e. The van der Waals surface area contributed by atoms with Gasteiger partial charge in [0.15, 0.2) is 6.54 Å². The first-order valence-electron chi connectivity index (χ1n) is 10.9. The van der Waals surface area contributed by atoms with Crippen molar-refractivity contribution < 1.29 is 37.3 Å². The lowest BCUT2D eigenvalue weighted by Crippen LogP contribution is -2.37. The number of aryl methyl sites for hydroxylation is 3. The normalized spacial score (nSPS) is 11.7. The maximum absolute atomic E-state index is 12.6. The van der Waals surface area contributed by atoms with Crippen LogP contribution in [0.3, 0.4) is 0 Å². The molecule has 4 aromatic rings. The zero-order valence-electron chi connectivity index (χ0n) is 19.1. The van der Waals surface area contributed by atoms with E-state index in [-0.39, 0.29) is 24.1 Å². The van der Waals surface area contributed by atoms with Crippen molar-refractivity contribution in [2.45, 2.75) is 26.8 Å². The number of rotatable bonds is 7. The molecule has 0 spiro atoms. The van der Waals surface area contributed by atoms with E-state index >= 15 is 0 Å². The molecule has 3 aromatic carbocycles. The number of carbonyl (C=O) groups is 2. The van der Waals surface area contributed by atoms with Crippen molar-refractivity contribution in [1.82, 2.24) is 0 Å². The molecule has 0 radical (unpaired) electrons. The molecule has 3 N–H and O–H groups in total. The highest BCUT2D eigenvalue weighted by Crippen LogP contribution is 2.37. The highest BCUT2D eigenvalue weighted by molar-refractivity contribution is 7.85. The zero-order chi connectivity index (χ0) is 25.5. The lowest BCUT2D eigenvalue weighted by atomic mass is 9.88. The number of pyridine rings is 1. The lowest BCUT2D eigenvalue weighted by Gasteiger charge is -2.16. The van der Waals surface area contributed by atoms with Crippen LogP contribution in [0.25, 0.3) is 32.9 Å². The molecule has 0 bridgehead atoms. The molecule has 0 unspecified atom stereocenters. The quantitative estimate of drug-likeness (QED) is 0.199. The summed E-state index contributed by atoms with van der Waals surface area (Å²) in [4.78, 5) is 24.1. The van der Waals surface area contributed by atoms with Crippen molar-refractivity contribution in [1.29, 1.82) is 0 Å². The lowest BCUT2D eigenvalue weighted by molar-refractivity contribution is -0.645. The molecule has 35 heavy (non-hydrogen) atoms. The molecule has 0 aliphatic carbocycles. The fourth-order valence-electron chi connectivity index (χ4n) is 4.80. The van der Waals surface area contributed by atoms with Gasteiger partial charge >= 0.3 is 11.9 Å². The summed E-state index contributed by atoms with van der Waals surface area (Å²) in [5, 5.41) is 20.7. The topological polar surface area (TPSA) is 133 Å². The Balaban J connectivity index is 2.11. The van der Waals surface area contributed by atoms with Crippen LogP contribution >= 0.6 is 0 Å². The summed E-state index contributed by atoms with van der Waals surface area (Å²) >= 11 is 0. The summed E-state index contributed by atoms with van der Waals surface area (Å²) in [6, 6.07) is 15.5. The number of para-hydroxylation sites is 1. The summed E-state index contributed by atoms with van der Waals surface area (Å²) in [6.07, 6.45) is 0.130. The van der Waals surface area contributed by atoms with E-state index in [1.807, 2.05) is 10.6 Å². The van der Waals surface area contributed by atoms with Crippen molar-refractivity contribution in [3.63, 3.8) is 0 Å². The van der Waals surface area contributed by atoms with E-state index in [4.69, 9.17) is 0 Å². The highest BCUT2D eigenvalue weighted by atomic mass is 32.2. The van der Waals surface area contributed by atoms with Crippen LogP contribution in [0.4, 0.5) is 0 Å². The SMILES string of the molecule is Cc1cc(C(=O)O)cc(C)c1-c1cccc2c1c(C(=O)O)c1ccccc1[n+]2CCCS(=O)(=O)O. The van der Waals surface area contributed by atoms with Crippen LogP contribution in [-0.2, 0) is 16.7 Å². The van der Waals surface area contributed by atoms with Gasteiger partial charge < -0.3 is 10.2 Å². The molecule has 4 rings (SSSR count). The number of fused-ring (bicyclic) bond motifs is 2. The molecule has 9 heteroatoms. The minimum Gasteiger partial charge on any atom is -0.478 e. The van der Waals surface area contributed by atoms with Gasteiger partial charge in [-0.1, -0.05) is 24.3 Å². The second kappa shape index (κ2) is 9.09. The Morgan fingerprint density at radius 1 is 0.886 bits per heavy atom. The number of nitrogens with zero attached hydrogens (tertiary/aromatic N) is 1. The number of benzene rings is 3. The molecular weight excluding hydrogens is 470 g/mol. The van der Waals surface area contributed by atoms with Crippen molar-refractivity contribution in [3.8, 4) is 11.1 Å². The van der Waals surface area contributed by atoms with Crippen molar-refractivity contribution in [2.75, 3.05) is 5.75 Å². The fraction of sp³-hybridized carbons (Fsp3) is 0.192. The van der Waals surface area contributed by atoms with Crippen LogP contribution in [0, 0.1) is 13.8 Å². The van der Waals surface area contributed by atoms with Gasteiger partial charge in [0.1, 0.15) is 0 Å². The van der Waals surface area contributed by atoms with Crippen LogP contribution in [-0.4, -0.2) is 40.9 Å². The van der Waals surface area contributed by atoms with Crippen molar-refractivity contribution in [2.24, 2.45) is 0 Å². The van der Waals surface area contributed by atoms with E-state index < -0.39 is 27.8 Å². The molecule has 8 nitrogen and oxygen atoms in total. The Labute approximate surface area is 201 Å². The smallest absolute Gasteiger partial charge is 0.337 e. The number of aromatic nitrogens is 1. The van der Waals surface area contributed by atoms with Gasteiger partial charge in [-0.25, -0.2) is 9.59 Å². The van der Waals surface area contributed by atoms with Crippen molar-refractivity contribution >= 4 is 43.9 Å². The molecular formula is C26H24NO7S+. The number of carboxylic acids is 2. The van der Waals surface area contributed by atoms with Gasteiger partial charge in [0.2, 0.25) is 11.0 Å². The Bertz CT molecular complexity index is 1600. The van der Waals surface area contributed by atoms with Gasteiger partial charge in [-0.05, 0) is 54.3 Å². The van der Waals surface area contributed by atoms with E-state index in [0.29, 0.717) is 38.5 Å². The molecule has 0 aliphatic heterocycles. The Kier molecular flexibility index (Phi) is 6.31. The van der Waals surface area contributed by atoms with Gasteiger partial charge in [-0.3, -0.25) is 4.55 Å². The molecule has 0 saturated carbocycles. The molecule has 0 fully saturated rings. The molecule has 180 valence electrons. The third-order valence-corrected chi connectivity index (χ3v) is 6.90. The van der Waals surface area contributed by atoms with Gasteiger partial charge in [0, 0.05) is 18.6 Å². The number of aromatic carboxylic acids is 2. The third-order valence-electron chi connectivity index (χ3n) is 6.09. The Morgan fingerprint density at radius 3 is 2.11 bits per heavy atom. The third kappa shape index (κ3) is 4.60. The maximum atomic E-state index is 12.6. The first-order chi connectivity index (χ1) is 16.5. The number of hydrogen-bond acceptors (Lipinski definition) is 4. The minimum atomic E-state index is -4.15. The van der Waals surface area contributed by atoms with Crippen LogP contribution in [0.5, 0.6) is 0 Å². The minimum absolute atomic E-state index is 0.110. The van der Waals surface area contributed by atoms with Crippen molar-refractivity contribution in [3.05, 3.63) is 76.9 Å². The number of carboxylic acid groups (broad SMARTS) is 2. The van der Waals surface area contributed by atoms with Gasteiger partial charge in [0.25, 0.3) is 10.1 Å². The molecule has 0 aliphatic rings. The Morgan fingerprint density at radius 2 is 1.51 bits per heavy atom. The van der Waals surface area contributed by atoms with Gasteiger partial charge in [0.05, 0.1) is 27.7 Å². The molecule has 0 amide bonds. The van der Waals surface area contributed by atoms with E-state index in [1.54, 1.807) is 62.4 Å². The summed E-state index contributed by atoms with van der Waals surface area (Å²) in [6.45, 7) is 3.81. The maximum Gasteiger partial charge on any atom is 0.337 e. The second-order valence-electron chi connectivity index (χ2n) is 8.48. The van der Waals surface area contributed by atoms with E-state index in [0.717, 1.165) is 5.56 Å². The molecule has 0 saturated heterocycles. The average molecular weight is 495 g/mol. The van der Waals surface area contributed by atoms with Gasteiger partial charge in [-0.2, -0.15) is 13.0 Å². The second-order valence-corrected chi connectivity index (χ2v) is 10.1. The summed E-state index contributed by atoms with van der Waals surface area (Å²) < 4.78 is 33.7. The number of hydrogen-bond donors (Lipinski definition) is 3. The first kappa shape index (κ1) is 24.3. The van der Waals surface area contributed by atoms with E-state index in [2.05, 4.69) is 0 Å². The molecule has 1 heterocycles.